The average molecular weight is 457 g/mol. The van der Waals surface area contributed by atoms with Gasteiger partial charge in [0.15, 0.2) is 9.84 Å². The predicted molar refractivity (Wildman–Crippen MR) is 105 cm³/mol. The first-order valence-electron chi connectivity index (χ1n) is 8.25. The fraction of sp³-hybridized carbons (Fsp3) is 0.316. The van der Waals surface area contributed by atoms with Crippen LogP contribution in [0.1, 0.15) is 25.0 Å². The van der Waals surface area contributed by atoms with Crippen molar-refractivity contribution in [2.24, 2.45) is 10.7 Å². The Labute approximate surface area is 165 Å². The maximum Gasteiger partial charge on any atom is 0.165 e. The standard InChI is InChI=1S/C19H19BrF2N2O2S/c1-18(15-7-6-14(21)9-16(15)22)11-27(25,26)19(2,17(23)24-18)10-12-4-3-5-13(20)8-12/h3-9H,10-11H2,1-2H3,(H2,23,24)/t18-,19+/m0/s1. The zero-order valence-corrected chi connectivity index (χ0v) is 17.2. The highest BCUT2D eigenvalue weighted by atomic mass is 79.9. The second-order valence-electron chi connectivity index (χ2n) is 7.19. The average Bonchev–Trinajstić information content (AvgIpc) is 2.52. The van der Waals surface area contributed by atoms with Crippen molar-refractivity contribution in [3.63, 3.8) is 0 Å². The Bertz CT molecular complexity index is 1040. The lowest BCUT2D eigenvalue weighted by molar-refractivity contribution is 0.467. The maximum absolute atomic E-state index is 14.3. The third kappa shape index (κ3) is 3.52. The van der Waals surface area contributed by atoms with Crippen molar-refractivity contribution in [2.75, 3.05) is 5.75 Å². The molecule has 2 aromatic carbocycles. The quantitative estimate of drug-likeness (QED) is 0.764. The fourth-order valence-corrected chi connectivity index (χ4v) is 5.88. The van der Waals surface area contributed by atoms with Crippen LogP contribution in [0.5, 0.6) is 0 Å². The van der Waals surface area contributed by atoms with Crippen molar-refractivity contribution in [3.05, 3.63) is 69.7 Å². The SMILES string of the molecule is C[C@@]1(c2ccc(F)cc2F)CS(=O)(=O)[C@](C)(Cc2cccc(Br)c2)C(N)=N1. The third-order valence-electron chi connectivity index (χ3n) is 5.01. The molecule has 0 saturated heterocycles. The lowest BCUT2D eigenvalue weighted by atomic mass is 9.92. The van der Waals surface area contributed by atoms with Gasteiger partial charge in [-0.15, -0.1) is 0 Å². The summed E-state index contributed by atoms with van der Waals surface area (Å²) in [5.41, 5.74) is 5.49. The van der Waals surface area contributed by atoms with Gasteiger partial charge in [0, 0.05) is 16.1 Å². The molecule has 0 spiro atoms. The normalized spacial score (nSPS) is 27.2. The number of nitrogens with two attached hydrogens (primary N) is 1. The van der Waals surface area contributed by atoms with Crippen LogP contribution in [0.25, 0.3) is 0 Å². The van der Waals surface area contributed by atoms with Crippen molar-refractivity contribution < 1.29 is 17.2 Å². The lowest BCUT2D eigenvalue weighted by Gasteiger charge is -2.40. The summed E-state index contributed by atoms with van der Waals surface area (Å²) in [5, 5.41) is 0. The number of hydrogen-bond acceptors (Lipinski definition) is 4. The Balaban J connectivity index is 2.09. The number of sulfone groups is 1. The molecule has 2 aromatic rings. The molecule has 2 N–H and O–H groups in total. The van der Waals surface area contributed by atoms with Crippen LogP contribution in [0.15, 0.2) is 51.9 Å². The third-order valence-corrected chi connectivity index (χ3v) is 8.17. The summed E-state index contributed by atoms with van der Waals surface area (Å²) >= 11 is 3.37. The summed E-state index contributed by atoms with van der Waals surface area (Å²) in [6.07, 6.45) is 0.145. The number of aliphatic imine (C=N–C) groups is 1. The second kappa shape index (κ2) is 6.67. The number of halogens is 3. The predicted octanol–water partition coefficient (Wildman–Crippen LogP) is 3.73. The van der Waals surface area contributed by atoms with Gasteiger partial charge in [0.1, 0.15) is 27.8 Å². The van der Waals surface area contributed by atoms with E-state index in [0.29, 0.717) is 6.07 Å². The molecule has 0 saturated carbocycles. The van der Waals surface area contributed by atoms with E-state index in [4.69, 9.17) is 5.73 Å². The van der Waals surface area contributed by atoms with E-state index in [0.717, 1.165) is 16.1 Å². The van der Waals surface area contributed by atoms with E-state index in [1.807, 2.05) is 24.3 Å². The summed E-state index contributed by atoms with van der Waals surface area (Å²) in [6, 6.07) is 10.3. The van der Waals surface area contributed by atoms with E-state index in [1.165, 1.54) is 19.9 Å². The first-order valence-corrected chi connectivity index (χ1v) is 10.7. The van der Waals surface area contributed by atoms with Crippen LogP contribution in [-0.4, -0.2) is 24.8 Å². The summed E-state index contributed by atoms with van der Waals surface area (Å²) < 4.78 is 53.4. The minimum absolute atomic E-state index is 0.0000643. The van der Waals surface area contributed by atoms with Gasteiger partial charge in [0.2, 0.25) is 0 Å². The van der Waals surface area contributed by atoms with E-state index in [-0.39, 0.29) is 17.8 Å². The Hall–Kier alpha value is -1.80. The van der Waals surface area contributed by atoms with E-state index < -0.39 is 37.5 Å². The number of nitrogens with zero attached hydrogens (tertiary/aromatic N) is 1. The van der Waals surface area contributed by atoms with Gasteiger partial charge in [-0.3, -0.25) is 4.99 Å². The highest BCUT2D eigenvalue weighted by Crippen LogP contribution is 2.39. The highest BCUT2D eigenvalue weighted by Gasteiger charge is 2.52. The van der Waals surface area contributed by atoms with E-state index >= 15 is 0 Å². The summed E-state index contributed by atoms with van der Waals surface area (Å²) in [5.74, 6) is -2.09. The molecule has 1 aliphatic heterocycles. The van der Waals surface area contributed by atoms with Crippen molar-refractivity contribution in [3.8, 4) is 0 Å². The molecule has 0 unspecified atom stereocenters. The Morgan fingerprint density at radius 2 is 1.89 bits per heavy atom. The Kier molecular flexibility index (Phi) is 4.93. The molecule has 0 fully saturated rings. The molecule has 0 aliphatic carbocycles. The maximum atomic E-state index is 14.3. The Morgan fingerprint density at radius 3 is 2.48 bits per heavy atom. The van der Waals surface area contributed by atoms with E-state index in [2.05, 4.69) is 20.9 Å². The number of benzene rings is 2. The minimum Gasteiger partial charge on any atom is -0.386 e. The second-order valence-corrected chi connectivity index (χ2v) is 10.5. The van der Waals surface area contributed by atoms with Crippen LogP contribution < -0.4 is 5.73 Å². The molecule has 27 heavy (non-hydrogen) atoms. The molecule has 0 bridgehead atoms. The lowest BCUT2D eigenvalue weighted by Crippen LogP contribution is -2.57. The van der Waals surface area contributed by atoms with Gasteiger partial charge in [-0.1, -0.05) is 34.1 Å². The molecule has 1 heterocycles. The molecule has 144 valence electrons. The summed E-state index contributed by atoms with van der Waals surface area (Å²) in [7, 11) is -3.80. The molecule has 4 nitrogen and oxygen atoms in total. The van der Waals surface area contributed by atoms with Crippen LogP contribution in [0.4, 0.5) is 8.78 Å². The number of rotatable bonds is 3. The first-order chi connectivity index (χ1) is 12.5. The zero-order chi connectivity index (χ0) is 20.0. The van der Waals surface area contributed by atoms with Gasteiger partial charge < -0.3 is 5.73 Å². The molecule has 2 atom stereocenters. The topological polar surface area (TPSA) is 72.5 Å². The molecule has 3 rings (SSSR count). The van der Waals surface area contributed by atoms with E-state index in [1.54, 1.807) is 0 Å². The van der Waals surface area contributed by atoms with Gasteiger partial charge >= 0.3 is 0 Å². The largest absolute Gasteiger partial charge is 0.386 e. The van der Waals surface area contributed by atoms with Crippen LogP contribution in [0.2, 0.25) is 0 Å². The van der Waals surface area contributed by atoms with Gasteiger partial charge in [-0.05, 0) is 44.0 Å². The van der Waals surface area contributed by atoms with Crippen molar-refractivity contribution >= 4 is 31.6 Å². The van der Waals surface area contributed by atoms with Gasteiger partial charge in [0.05, 0.1) is 5.75 Å². The number of amidine groups is 1. The summed E-state index contributed by atoms with van der Waals surface area (Å²) in [4.78, 5) is 4.38. The monoisotopic (exact) mass is 456 g/mol. The molecular formula is C19H19BrF2N2O2S. The molecule has 1 aliphatic rings. The Morgan fingerprint density at radius 1 is 1.19 bits per heavy atom. The van der Waals surface area contributed by atoms with Crippen molar-refractivity contribution in [1.29, 1.82) is 0 Å². The number of hydrogen-bond donors (Lipinski definition) is 1. The summed E-state index contributed by atoms with van der Waals surface area (Å²) in [6.45, 7) is 3.02. The van der Waals surface area contributed by atoms with Crippen LogP contribution in [-0.2, 0) is 21.8 Å². The molecule has 8 heteroatoms. The first kappa shape index (κ1) is 19.9. The molecule has 0 radical (unpaired) electrons. The van der Waals surface area contributed by atoms with Crippen LogP contribution >= 0.6 is 15.9 Å². The van der Waals surface area contributed by atoms with Crippen LogP contribution in [0.3, 0.4) is 0 Å². The molecular weight excluding hydrogens is 438 g/mol. The molecule has 0 aromatic heterocycles. The minimum atomic E-state index is -3.80. The zero-order valence-electron chi connectivity index (χ0n) is 14.8. The van der Waals surface area contributed by atoms with E-state index in [9.17, 15) is 17.2 Å². The molecule has 0 amide bonds. The smallest absolute Gasteiger partial charge is 0.165 e. The fourth-order valence-electron chi connectivity index (χ4n) is 3.41. The van der Waals surface area contributed by atoms with Crippen molar-refractivity contribution in [2.45, 2.75) is 30.6 Å². The van der Waals surface area contributed by atoms with Crippen LogP contribution in [0, 0.1) is 11.6 Å². The van der Waals surface area contributed by atoms with Gasteiger partial charge in [-0.25, -0.2) is 17.2 Å². The van der Waals surface area contributed by atoms with Gasteiger partial charge in [-0.2, -0.15) is 0 Å². The van der Waals surface area contributed by atoms with Gasteiger partial charge in [0.25, 0.3) is 0 Å². The highest BCUT2D eigenvalue weighted by molar-refractivity contribution is 9.10. The van der Waals surface area contributed by atoms with Crippen molar-refractivity contribution in [1.82, 2.24) is 0 Å².